The van der Waals surface area contributed by atoms with Crippen molar-refractivity contribution in [2.75, 3.05) is 45.8 Å². The number of hydrogen-bond donors (Lipinski definition) is 1. The van der Waals surface area contributed by atoms with Gasteiger partial charge in [0.1, 0.15) is 0 Å². The standard InChI is InChI=1S/C18H41N3/c1-8-19-17(18(5,6)7)13-16-21(11-4)15-12-14-20(9-2)10-3/h17,19H,8-16H2,1-7H3. The molecule has 1 N–H and O–H groups in total. The van der Waals surface area contributed by atoms with E-state index < -0.39 is 0 Å². The average molecular weight is 300 g/mol. The second-order valence-corrected chi connectivity index (χ2v) is 7.08. The van der Waals surface area contributed by atoms with E-state index in [0.717, 1.165) is 6.54 Å². The van der Waals surface area contributed by atoms with Crippen LogP contribution in [0.3, 0.4) is 0 Å². The average Bonchev–Trinajstić information content (AvgIpc) is 2.44. The fourth-order valence-corrected chi connectivity index (χ4v) is 2.89. The van der Waals surface area contributed by atoms with E-state index in [1.54, 1.807) is 0 Å². The molecule has 0 saturated carbocycles. The van der Waals surface area contributed by atoms with E-state index in [0.29, 0.717) is 11.5 Å². The Labute approximate surface area is 134 Å². The normalized spacial score (nSPS) is 14.1. The van der Waals surface area contributed by atoms with Gasteiger partial charge in [0.05, 0.1) is 0 Å². The van der Waals surface area contributed by atoms with E-state index in [-0.39, 0.29) is 0 Å². The minimum absolute atomic E-state index is 0.344. The van der Waals surface area contributed by atoms with Gasteiger partial charge in [0.15, 0.2) is 0 Å². The zero-order valence-electron chi connectivity index (χ0n) is 15.8. The van der Waals surface area contributed by atoms with E-state index in [9.17, 15) is 0 Å². The van der Waals surface area contributed by atoms with Crippen LogP contribution >= 0.6 is 0 Å². The van der Waals surface area contributed by atoms with Crippen LogP contribution in [0.4, 0.5) is 0 Å². The second-order valence-electron chi connectivity index (χ2n) is 7.08. The van der Waals surface area contributed by atoms with Crippen LogP contribution < -0.4 is 5.32 Å². The van der Waals surface area contributed by atoms with Crippen LogP contribution in [0.15, 0.2) is 0 Å². The highest BCUT2D eigenvalue weighted by atomic mass is 15.1. The van der Waals surface area contributed by atoms with Gasteiger partial charge >= 0.3 is 0 Å². The third-order valence-electron chi connectivity index (χ3n) is 4.52. The molecule has 0 heterocycles. The highest BCUT2D eigenvalue weighted by Crippen LogP contribution is 2.22. The van der Waals surface area contributed by atoms with Gasteiger partial charge < -0.3 is 15.1 Å². The highest BCUT2D eigenvalue weighted by Gasteiger charge is 2.23. The molecule has 0 spiro atoms. The third-order valence-corrected chi connectivity index (χ3v) is 4.52. The van der Waals surface area contributed by atoms with Gasteiger partial charge in [0.25, 0.3) is 0 Å². The first-order valence-electron chi connectivity index (χ1n) is 9.06. The molecule has 0 aliphatic heterocycles. The summed E-state index contributed by atoms with van der Waals surface area (Å²) >= 11 is 0. The molecule has 0 amide bonds. The van der Waals surface area contributed by atoms with Crippen molar-refractivity contribution in [1.29, 1.82) is 0 Å². The van der Waals surface area contributed by atoms with E-state index >= 15 is 0 Å². The van der Waals surface area contributed by atoms with Crippen molar-refractivity contribution < 1.29 is 0 Å². The Kier molecular flexibility index (Phi) is 11.4. The van der Waals surface area contributed by atoms with Crippen molar-refractivity contribution in [1.82, 2.24) is 15.1 Å². The molecule has 3 nitrogen and oxygen atoms in total. The maximum absolute atomic E-state index is 3.66. The summed E-state index contributed by atoms with van der Waals surface area (Å²) < 4.78 is 0. The summed E-state index contributed by atoms with van der Waals surface area (Å²) in [6, 6.07) is 0.610. The Morgan fingerprint density at radius 1 is 0.810 bits per heavy atom. The number of nitrogens with zero attached hydrogens (tertiary/aromatic N) is 2. The molecule has 0 fully saturated rings. The first-order chi connectivity index (χ1) is 9.88. The van der Waals surface area contributed by atoms with Crippen molar-refractivity contribution in [2.45, 2.75) is 67.3 Å². The van der Waals surface area contributed by atoms with Gasteiger partial charge in [0, 0.05) is 6.04 Å². The van der Waals surface area contributed by atoms with Crippen LogP contribution in [0.5, 0.6) is 0 Å². The second kappa shape index (κ2) is 11.4. The van der Waals surface area contributed by atoms with E-state index in [4.69, 9.17) is 0 Å². The Hall–Kier alpha value is -0.120. The van der Waals surface area contributed by atoms with Crippen molar-refractivity contribution in [3.05, 3.63) is 0 Å². The number of nitrogens with one attached hydrogen (secondary N) is 1. The monoisotopic (exact) mass is 299 g/mol. The Bertz CT molecular complexity index is 231. The number of rotatable bonds is 12. The summed E-state index contributed by atoms with van der Waals surface area (Å²) in [4.78, 5) is 5.13. The molecule has 0 radical (unpaired) electrons. The van der Waals surface area contributed by atoms with Gasteiger partial charge in [-0.2, -0.15) is 0 Å². The van der Waals surface area contributed by atoms with Crippen molar-refractivity contribution in [2.24, 2.45) is 5.41 Å². The Balaban J connectivity index is 4.12. The lowest BCUT2D eigenvalue weighted by molar-refractivity contribution is 0.200. The smallest absolute Gasteiger partial charge is 0.0128 e. The summed E-state index contributed by atoms with van der Waals surface area (Å²) in [7, 11) is 0. The lowest BCUT2D eigenvalue weighted by Crippen LogP contribution is -2.43. The van der Waals surface area contributed by atoms with Gasteiger partial charge in [-0.25, -0.2) is 0 Å². The molecule has 0 saturated heterocycles. The van der Waals surface area contributed by atoms with Crippen LogP contribution in [-0.4, -0.2) is 61.7 Å². The van der Waals surface area contributed by atoms with Crippen LogP contribution in [0.25, 0.3) is 0 Å². The lowest BCUT2D eigenvalue weighted by Gasteiger charge is -2.33. The van der Waals surface area contributed by atoms with E-state index in [2.05, 4.69) is 63.6 Å². The quantitative estimate of drug-likeness (QED) is 0.595. The summed E-state index contributed by atoms with van der Waals surface area (Å²) in [5, 5.41) is 3.66. The molecule has 128 valence electrons. The van der Waals surface area contributed by atoms with Gasteiger partial charge in [-0.1, -0.05) is 48.5 Å². The zero-order valence-corrected chi connectivity index (χ0v) is 15.8. The lowest BCUT2D eigenvalue weighted by atomic mass is 9.84. The van der Waals surface area contributed by atoms with Crippen molar-refractivity contribution in [3.8, 4) is 0 Å². The first kappa shape index (κ1) is 20.9. The third kappa shape index (κ3) is 9.49. The predicted octanol–water partition coefficient (Wildman–Crippen LogP) is 3.45. The molecule has 0 rings (SSSR count). The van der Waals surface area contributed by atoms with Crippen molar-refractivity contribution >= 4 is 0 Å². The minimum Gasteiger partial charge on any atom is -0.314 e. The van der Waals surface area contributed by atoms with Gasteiger partial charge in [0.2, 0.25) is 0 Å². The fourth-order valence-electron chi connectivity index (χ4n) is 2.89. The van der Waals surface area contributed by atoms with Crippen molar-refractivity contribution in [3.63, 3.8) is 0 Å². The number of hydrogen-bond acceptors (Lipinski definition) is 3. The molecular weight excluding hydrogens is 258 g/mol. The van der Waals surface area contributed by atoms with Crippen LogP contribution in [0.1, 0.15) is 61.3 Å². The SMILES string of the molecule is CCNC(CCN(CC)CCCN(CC)CC)C(C)(C)C. The molecule has 21 heavy (non-hydrogen) atoms. The van der Waals surface area contributed by atoms with Crippen LogP contribution in [0.2, 0.25) is 0 Å². The summed E-state index contributed by atoms with van der Waals surface area (Å²) in [5.41, 5.74) is 0.344. The summed E-state index contributed by atoms with van der Waals surface area (Å²) in [6.45, 7) is 24.3. The fraction of sp³-hybridized carbons (Fsp3) is 1.00. The largest absolute Gasteiger partial charge is 0.314 e. The van der Waals surface area contributed by atoms with Crippen LogP contribution in [0, 0.1) is 5.41 Å². The van der Waals surface area contributed by atoms with Crippen LogP contribution in [-0.2, 0) is 0 Å². The maximum atomic E-state index is 3.66. The molecule has 0 aromatic rings. The van der Waals surface area contributed by atoms with Gasteiger partial charge in [-0.05, 0) is 64.1 Å². The molecule has 1 atom stereocenters. The van der Waals surface area contributed by atoms with E-state index in [1.807, 2.05) is 0 Å². The first-order valence-corrected chi connectivity index (χ1v) is 9.06. The maximum Gasteiger partial charge on any atom is 0.0128 e. The molecule has 3 heteroatoms. The van der Waals surface area contributed by atoms with Gasteiger partial charge in [-0.3, -0.25) is 0 Å². The zero-order chi connectivity index (χ0) is 16.3. The molecule has 0 aliphatic carbocycles. The van der Waals surface area contributed by atoms with Gasteiger partial charge in [-0.15, -0.1) is 0 Å². The molecule has 1 unspecified atom stereocenters. The Morgan fingerprint density at radius 3 is 1.76 bits per heavy atom. The Morgan fingerprint density at radius 2 is 1.33 bits per heavy atom. The molecule has 0 aromatic heterocycles. The molecule has 0 aromatic carbocycles. The predicted molar refractivity (Wildman–Crippen MR) is 96.1 cm³/mol. The summed E-state index contributed by atoms with van der Waals surface area (Å²) in [6.07, 6.45) is 2.54. The highest BCUT2D eigenvalue weighted by molar-refractivity contribution is 4.81. The topological polar surface area (TPSA) is 18.5 Å². The van der Waals surface area contributed by atoms with E-state index in [1.165, 1.54) is 52.1 Å². The minimum atomic E-state index is 0.344. The molecular formula is C18H41N3. The molecule has 0 aliphatic rings. The molecule has 0 bridgehead atoms. The summed E-state index contributed by atoms with van der Waals surface area (Å²) in [5.74, 6) is 0.